The Morgan fingerprint density at radius 2 is 2.38 bits per heavy atom. The number of likely N-dealkylation sites (N-methyl/N-ethyl adjacent to an activating group) is 1. The Bertz CT molecular complexity index is 389. The maximum Gasteiger partial charge on any atom is 0.345 e. The topological polar surface area (TPSA) is 43.8 Å². The van der Waals surface area contributed by atoms with Crippen LogP contribution in [0.4, 0.5) is 5.69 Å². The van der Waals surface area contributed by atoms with Gasteiger partial charge in [0.1, 0.15) is 4.88 Å². The van der Waals surface area contributed by atoms with E-state index < -0.39 is 5.97 Å². The minimum atomic E-state index is -0.834. The standard InChI is InChI=1S/C11H16N2O2S/c1-12(2)8-3-4-13(6-8)9-5-10(11(14)15)16-7-9/h5,7-8H,3-4,6H2,1-2H3,(H,14,15). The summed E-state index contributed by atoms with van der Waals surface area (Å²) >= 11 is 1.30. The third-order valence-corrected chi connectivity index (χ3v) is 3.96. The van der Waals surface area contributed by atoms with Crippen LogP contribution in [0.5, 0.6) is 0 Å². The molecule has 1 atom stereocenters. The van der Waals surface area contributed by atoms with Crippen LogP contribution in [0, 0.1) is 0 Å². The van der Waals surface area contributed by atoms with Gasteiger partial charge in [-0.25, -0.2) is 4.79 Å². The molecule has 0 radical (unpaired) electrons. The van der Waals surface area contributed by atoms with Crippen molar-refractivity contribution < 1.29 is 9.90 Å². The van der Waals surface area contributed by atoms with Gasteiger partial charge in [-0.05, 0) is 26.6 Å². The maximum absolute atomic E-state index is 10.8. The van der Waals surface area contributed by atoms with Gasteiger partial charge in [0.15, 0.2) is 0 Å². The highest BCUT2D eigenvalue weighted by molar-refractivity contribution is 7.12. The first-order valence-corrected chi connectivity index (χ1v) is 6.19. The molecule has 0 bridgehead atoms. The molecule has 5 heteroatoms. The first-order chi connectivity index (χ1) is 7.58. The number of carboxylic acid groups (broad SMARTS) is 1. The van der Waals surface area contributed by atoms with Gasteiger partial charge in [0, 0.05) is 30.2 Å². The molecule has 2 heterocycles. The maximum atomic E-state index is 10.8. The van der Waals surface area contributed by atoms with E-state index in [1.54, 1.807) is 6.07 Å². The summed E-state index contributed by atoms with van der Waals surface area (Å²) in [5, 5.41) is 10.8. The van der Waals surface area contributed by atoms with Gasteiger partial charge in [0.25, 0.3) is 0 Å². The zero-order valence-corrected chi connectivity index (χ0v) is 10.3. The monoisotopic (exact) mass is 240 g/mol. The zero-order valence-electron chi connectivity index (χ0n) is 9.51. The third-order valence-electron chi connectivity index (χ3n) is 3.06. The highest BCUT2D eigenvalue weighted by Crippen LogP contribution is 2.27. The van der Waals surface area contributed by atoms with Gasteiger partial charge in [-0.1, -0.05) is 0 Å². The lowest BCUT2D eigenvalue weighted by Crippen LogP contribution is -2.31. The minimum absolute atomic E-state index is 0.420. The van der Waals surface area contributed by atoms with Crippen LogP contribution < -0.4 is 4.90 Å². The van der Waals surface area contributed by atoms with Crippen molar-refractivity contribution in [2.24, 2.45) is 0 Å². The fraction of sp³-hybridized carbons (Fsp3) is 0.545. The molecule has 1 unspecified atom stereocenters. The van der Waals surface area contributed by atoms with Crippen molar-refractivity contribution in [3.8, 4) is 0 Å². The first-order valence-electron chi connectivity index (χ1n) is 5.31. The molecule has 1 fully saturated rings. The average Bonchev–Trinajstić information content (AvgIpc) is 2.86. The number of hydrogen-bond acceptors (Lipinski definition) is 4. The Morgan fingerprint density at radius 3 is 2.88 bits per heavy atom. The molecule has 1 aromatic rings. The molecular formula is C11H16N2O2S. The van der Waals surface area contributed by atoms with Crippen molar-refractivity contribution in [3.63, 3.8) is 0 Å². The fourth-order valence-corrected chi connectivity index (χ4v) is 2.76. The van der Waals surface area contributed by atoms with Gasteiger partial charge in [-0.3, -0.25) is 0 Å². The normalized spacial score (nSPS) is 20.7. The molecule has 0 amide bonds. The Morgan fingerprint density at radius 1 is 1.62 bits per heavy atom. The highest BCUT2D eigenvalue weighted by atomic mass is 32.1. The fourth-order valence-electron chi connectivity index (χ4n) is 2.00. The number of thiophene rings is 1. The number of anilines is 1. The first kappa shape index (κ1) is 11.4. The zero-order chi connectivity index (χ0) is 11.7. The van der Waals surface area contributed by atoms with Gasteiger partial charge >= 0.3 is 5.97 Å². The van der Waals surface area contributed by atoms with Crippen molar-refractivity contribution in [2.75, 3.05) is 32.1 Å². The summed E-state index contributed by atoms with van der Waals surface area (Å²) < 4.78 is 0. The molecule has 1 saturated heterocycles. The van der Waals surface area contributed by atoms with Crippen LogP contribution in [0.3, 0.4) is 0 Å². The lowest BCUT2D eigenvalue weighted by molar-refractivity contribution is 0.0702. The second kappa shape index (κ2) is 4.43. The molecule has 1 aliphatic rings. The average molecular weight is 240 g/mol. The summed E-state index contributed by atoms with van der Waals surface area (Å²) in [4.78, 5) is 15.7. The molecule has 1 aromatic heterocycles. The van der Waals surface area contributed by atoms with Crippen molar-refractivity contribution in [3.05, 3.63) is 16.3 Å². The van der Waals surface area contributed by atoms with Crippen molar-refractivity contribution in [1.82, 2.24) is 4.90 Å². The molecule has 2 rings (SSSR count). The van der Waals surface area contributed by atoms with E-state index in [0.29, 0.717) is 10.9 Å². The molecule has 1 aliphatic heterocycles. The van der Waals surface area contributed by atoms with E-state index in [0.717, 1.165) is 25.2 Å². The number of hydrogen-bond donors (Lipinski definition) is 1. The van der Waals surface area contributed by atoms with E-state index in [4.69, 9.17) is 5.11 Å². The van der Waals surface area contributed by atoms with E-state index >= 15 is 0 Å². The summed E-state index contributed by atoms with van der Waals surface area (Å²) in [5.74, 6) is -0.834. The molecule has 0 aromatic carbocycles. The van der Waals surface area contributed by atoms with Crippen LogP contribution in [-0.2, 0) is 0 Å². The predicted molar refractivity (Wildman–Crippen MR) is 65.6 cm³/mol. The summed E-state index contributed by atoms with van der Waals surface area (Å²) in [6, 6.07) is 2.35. The Kier molecular flexibility index (Phi) is 3.16. The smallest absolute Gasteiger partial charge is 0.345 e. The molecule has 4 nitrogen and oxygen atoms in total. The van der Waals surface area contributed by atoms with E-state index in [9.17, 15) is 4.79 Å². The number of aromatic carboxylic acids is 1. The molecule has 0 spiro atoms. The Balaban J connectivity index is 2.06. The second-order valence-electron chi connectivity index (χ2n) is 4.33. The van der Waals surface area contributed by atoms with Crippen LogP contribution in [0.25, 0.3) is 0 Å². The van der Waals surface area contributed by atoms with Crippen LogP contribution >= 0.6 is 11.3 Å². The largest absolute Gasteiger partial charge is 0.477 e. The predicted octanol–water partition coefficient (Wildman–Crippen LogP) is 1.59. The van der Waals surface area contributed by atoms with Gasteiger partial charge in [-0.15, -0.1) is 11.3 Å². The highest BCUT2D eigenvalue weighted by Gasteiger charge is 2.25. The van der Waals surface area contributed by atoms with Crippen LogP contribution in [0.1, 0.15) is 16.1 Å². The second-order valence-corrected chi connectivity index (χ2v) is 5.24. The van der Waals surface area contributed by atoms with Gasteiger partial charge in [-0.2, -0.15) is 0 Å². The van der Waals surface area contributed by atoms with E-state index in [1.807, 2.05) is 5.38 Å². The SMILES string of the molecule is CN(C)C1CCN(c2csc(C(=O)O)c2)C1. The van der Waals surface area contributed by atoms with Crippen molar-refractivity contribution >= 4 is 23.0 Å². The molecule has 16 heavy (non-hydrogen) atoms. The molecule has 1 N–H and O–H groups in total. The number of nitrogens with zero attached hydrogens (tertiary/aromatic N) is 2. The number of rotatable bonds is 3. The quantitative estimate of drug-likeness (QED) is 0.871. The lowest BCUT2D eigenvalue weighted by Gasteiger charge is -2.20. The Labute approximate surface area is 99.1 Å². The minimum Gasteiger partial charge on any atom is -0.477 e. The molecule has 0 aliphatic carbocycles. The van der Waals surface area contributed by atoms with E-state index in [2.05, 4.69) is 23.9 Å². The molecular weight excluding hydrogens is 224 g/mol. The summed E-state index contributed by atoms with van der Waals surface area (Å²) in [6.07, 6.45) is 1.14. The molecule has 88 valence electrons. The van der Waals surface area contributed by atoms with E-state index in [-0.39, 0.29) is 0 Å². The summed E-state index contributed by atoms with van der Waals surface area (Å²) in [7, 11) is 4.18. The van der Waals surface area contributed by atoms with Gasteiger partial charge in [0.05, 0.1) is 0 Å². The van der Waals surface area contributed by atoms with Crippen LogP contribution in [0.2, 0.25) is 0 Å². The summed E-state index contributed by atoms with van der Waals surface area (Å²) in [6.45, 7) is 2.00. The lowest BCUT2D eigenvalue weighted by atomic mass is 10.2. The van der Waals surface area contributed by atoms with Crippen molar-refractivity contribution in [1.29, 1.82) is 0 Å². The number of carboxylic acids is 1. The third kappa shape index (κ3) is 2.20. The van der Waals surface area contributed by atoms with Gasteiger partial charge < -0.3 is 14.9 Å². The summed E-state index contributed by atoms with van der Waals surface area (Å²) in [5.41, 5.74) is 1.05. The van der Waals surface area contributed by atoms with Crippen LogP contribution in [0.15, 0.2) is 11.4 Å². The van der Waals surface area contributed by atoms with Crippen molar-refractivity contribution in [2.45, 2.75) is 12.5 Å². The Hall–Kier alpha value is -1.07. The van der Waals surface area contributed by atoms with Gasteiger partial charge in [0.2, 0.25) is 0 Å². The number of carbonyl (C=O) groups is 1. The van der Waals surface area contributed by atoms with E-state index in [1.165, 1.54) is 11.3 Å². The van der Waals surface area contributed by atoms with Crippen LogP contribution in [-0.4, -0.2) is 49.2 Å². The molecule has 0 saturated carbocycles.